The van der Waals surface area contributed by atoms with Crippen LogP contribution >= 0.6 is 59.4 Å². The van der Waals surface area contributed by atoms with Crippen molar-refractivity contribution < 1.29 is 28.3 Å². The van der Waals surface area contributed by atoms with Crippen molar-refractivity contribution >= 4 is 99.5 Å². The molecule has 1 aliphatic heterocycles. The van der Waals surface area contributed by atoms with E-state index in [9.17, 15) is 23.6 Å². The molecular formula is C36H27Br3ClFN2O5. The Labute approximate surface area is 305 Å². The van der Waals surface area contributed by atoms with Gasteiger partial charge in [0.25, 0.3) is 0 Å². The Kier molecular flexibility index (Phi) is 9.10. The van der Waals surface area contributed by atoms with E-state index in [2.05, 4.69) is 47.8 Å². The lowest BCUT2D eigenvalue weighted by Gasteiger charge is -2.28. The first-order valence-electron chi connectivity index (χ1n) is 15.4. The van der Waals surface area contributed by atoms with E-state index in [1.54, 1.807) is 36.4 Å². The normalized spacial score (nSPS) is 25.1. The topological polar surface area (TPSA) is 93.6 Å². The molecule has 0 spiro atoms. The van der Waals surface area contributed by atoms with E-state index in [0.717, 1.165) is 16.5 Å². The van der Waals surface area contributed by atoms with Gasteiger partial charge in [-0.25, -0.2) is 14.2 Å². The van der Waals surface area contributed by atoms with Gasteiger partial charge in [-0.05, 0) is 85.3 Å². The van der Waals surface area contributed by atoms with E-state index in [1.807, 2.05) is 13.0 Å². The van der Waals surface area contributed by atoms with Crippen molar-refractivity contribution in [3.05, 3.63) is 93.7 Å². The van der Waals surface area contributed by atoms with Crippen LogP contribution < -0.4 is 4.90 Å². The van der Waals surface area contributed by atoms with Gasteiger partial charge in [-0.1, -0.05) is 59.9 Å². The molecule has 7 unspecified atom stereocenters. The van der Waals surface area contributed by atoms with Crippen molar-refractivity contribution in [3.8, 4) is 11.3 Å². The van der Waals surface area contributed by atoms with E-state index >= 15 is 0 Å². The fraction of sp³-hybridized carbons (Fsp3) is 0.306. The minimum absolute atomic E-state index is 0.0580. The van der Waals surface area contributed by atoms with Crippen molar-refractivity contribution in [3.63, 3.8) is 0 Å². The number of ether oxygens (including phenoxy) is 1. The SMILES string of the molecule is Cc1cc(Br)cc2c(C(=O)OC(CCCl)C(=O)c3ccc(F)cc3)cc(-c3ccc(N4C(=O)C5C6CC(C(Br)C6Br)C5C4=O)cc3)nc12. The number of aryl methyl sites for hydroxylation is 1. The number of nitrogens with zero attached hydrogens (tertiary/aromatic N) is 2. The highest BCUT2D eigenvalue weighted by molar-refractivity contribution is 9.12. The first-order valence-corrected chi connectivity index (χ1v) is 18.6. The third kappa shape index (κ3) is 5.64. The van der Waals surface area contributed by atoms with Gasteiger partial charge in [0.05, 0.1) is 34.3 Å². The van der Waals surface area contributed by atoms with Gasteiger partial charge in [-0.15, -0.1) is 11.6 Å². The van der Waals surface area contributed by atoms with Crippen molar-refractivity contribution in [2.75, 3.05) is 10.8 Å². The van der Waals surface area contributed by atoms with Crippen LogP contribution in [0.25, 0.3) is 22.2 Å². The average molecular weight is 862 g/mol. The third-order valence-corrected chi connectivity index (χ3v) is 13.6. The lowest BCUT2D eigenvalue weighted by Crippen LogP contribution is -2.37. The predicted molar refractivity (Wildman–Crippen MR) is 191 cm³/mol. The van der Waals surface area contributed by atoms with Crippen molar-refractivity contribution in [2.24, 2.45) is 23.7 Å². The molecule has 1 aromatic heterocycles. The molecule has 48 heavy (non-hydrogen) atoms. The molecule has 3 aromatic carbocycles. The standard InChI is InChI=1S/C36H27Br3ClFN2O5/c1-16-12-19(37)13-22-23(36(47)48-27(10-11-40)33(44)18-2-6-20(41)7-3-18)15-26(42-32(16)22)17-4-8-21(9-5-17)43-34(45)28-24-14-25(29(28)35(43)46)31(39)30(24)38/h2-9,12-13,15,24-25,27-31H,10-11,14H2,1H3. The monoisotopic (exact) mass is 858 g/mol. The zero-order valence-electron chi connectivity index (χ0n) is 25.3. The Morgan fingerprint density at radius 3 is 2.21 bits per heavy atom. The molecule has 4 aromatic rings. The molecule has 7 atom stereocenters. The van der Waals surface area contributed by atoms with Gasteiger partial charge in [-0.3, -0.25) is 19.3 Å². The molecule has 3 aliphatic rings. The summed E-state index contributed by atoms with van der Waals surface area (Å²) in [7, 11) is 0. The van der Waals surface area contributed by atoms with Crippen LogP contribution in [0.2, 0.25) is 0 Å². The maximum Gasteiger partial charge on any atom is 0.339 e. The molecule has 7 nitrogen and oxygen atoms in total. The van der Waals surface area contributed by atoms with Crippen LogP contribution in [0.5, 0.6) is 0 Å². The highest BCUT2D eigenvalue weighted by Crippen LogP contribution is 2.60. The Morgan fingerprint density at radius 2 is 1.60 bits per heavy atom. The van der Waals surface area contributed by atoms with Gasteiger partial charge >= 0.3 is 5.97 Å². The number of amides is 2. The maximum atomic E-state index is 13.8. The predicted octanol–water partition coefficient (Wildman–Crippen LogP) is 8.43. The highest BCUT2D eigenvalue weighted by atomic mass is 79.9. The van der Waals surface area contributed by atoms with Crippen LogP contribution in [-0.4, -0.2) is 50.2 Å². The first kappa shape index (κ1) is 33.5. The fourth-order valence-electron chi connectivity index (χ4n) is 7.49. The van der Waals surface area contributed by atoms with Gasteiger partial charge in [0, 0.05) is 42.9 Å². The number of rotatable bonds is 8. The molecule has 2 saturated carbocycles. The average Bonchev–Trinajstić information content (AvgIpc) is 3.68. The Hall–Kier alpha value is -2.99. The van der Waals surface area contributed by atoms with E-state index in [0.29, 0.717) is 27.8 Å². The molecule has 3 fully saturated rings. The van der Waals surface area contributed by atoms with Gasteiger partial charge in [0.15, 0.2) is 6.10 Å². The second-order valence-electron chi connectivity index (χ2n) is 12.5. The number of anilines is 1. The summed E-state index contributed by atoms with van der Waals surface area (Å²) in [5, 5.41) is 0.524. The second-order valence-corrected chi connectivity index (χ2v) is 15.9. The minimum Gasteiger partial charge on any atom is -0.450 e. The summed E-state index contributed by atoms with van der Waals surface area (Å²) in [6.07, 6.45) is -0.273. The summed E-state index contributed by atoms with van der Waals surface area (Å²) < 4.78 is 20.0. The molecule has 12 heteroatoms. The zero-order valence-corrected chi connectivity index (χ0v) is 30.9. The number of aromatic nitrogens is 1. The molecule has 0 N–H and O–H groups in total. The maximum absolute atomic E-state index is 13.8. The number of benzene rings is 3. The Morgan fingerprint density at radius 1 is 0.979 bits per heavy atom. The Bertz CT molecular complexity index is 1960. The van der Waals surface area contributed by atoms with Crippen LogP contribution in [0.15, 0.2) is 71.2 Å². The number of ketones is 1. The first-order chi connectivity index (χ1) is 23.0. The number of esters is 1. The number of carbonyl (C=O) groups excluding carboxylic acids is 4. The van der Waals surface area contributed by atoms with Gasteiger partial charge < -0.3 is 4.74 Å². The second kappa shape index (κ2) is 13.0. The number of alkyl halides is 3. The van der Waals surface area contributed by atoms with E-state index in [4.69, 9.17) is 21.3 Å². The van der Waals surface area contributed by atoms with Gasteiger partial charge in [-0.2, -0.15) is 0 Å². The summed E-state index contributed by atoms with van der Waals surface area (Å²) in [5.41, 5.74) is 3.35. The summed E-state index contributed by atoms with van der Waals surface area (Å²) >= 11 is 17.0. The summed E-state index contributed by atoms with van der Waals surface area (Å²) in [6, 6.07) is 17.3. The number of hydrogen-bond acceptors (Lipinski definition) is 6. The van der Waals surface area contributed by atoms with Gasteiger partial charge in [0.1, 0.15) is 5.82 Å². The van der Waals surface area contributed by atoms with Crippen LogP contribution in [0.3, 0.4) is 0 Å². The number of fused-ring (bicyclic) bond motifs is 6. The molecule has 7 rings (SSSR count). The summed E-state index contributed by atoms with van der Waals surface area (Å²) in [5.74, 6) is -2.40. The van der Waals surface area contributed by atoms with E-state index in [-0.39, 0.29) is 68.6 Å². The van der Waals surface area contributed by atoms with E-state index < -0.39 is 23.7 Å². The van der Waals surface area contributed by atoms with Crippen molar-refractivity contribution in [1.82, 2.24) is 4.98 Å². The van der Waals surface area contributed by atoms with Crippen molar-refractivity contribution in [1.29, 1.82) is 0 Å². The van der Waals surface area contributed by atoms with Gasteiger partial charge in [0.2, 0.25) is 17.6 Å². The number of Topliss-reactive ketones (excluding diaryl/α,β-unsaturated/α-hetero) is 1. The summed E-state index contributed by atoms with van der Waals surface area (Å²) in [6.45, 7) is 1.88. The third-order valence-electron chi connectivity index (χ3n) is 9.74. The Balaban J connectivity index is 1.21. The quantitative estimate of drug-likeness (QED) is 0.0765. The number of carbonyl (C=O) groups is 4. The molecule has 2 heterocycles. The van der Waals surface area contributed by atoms with Crippen LogP contribution in [0.1, 0.15) is 39.1 Å². The lowest BCUT2D eigenvalue weighted by atomic mass is 9.81. The number of imide groups is 1. The number of halogens is 5. The van der Waals surface area contributed by atoms with Crippen LogP contribution in [0, 0.1) is 36.4 Å². The lowest BCUT2D eigenvalue weighted by molar-refractivity contribution is -0.123. The van der Waals surface area contributed by atoms with Crippen LogP contribution in [0.4, 0.5) is 10.1 Å². The summed E-state index contributed by atoms with van der Waals surface area (Å²) in [4.78, 5) is 60.7. The number of pyridine rings is 1. The minimum atomic E-state index is -1.19. The largest absolute Gasteiger partial charge is 0.450 e. The molecular weight excluding hydrogens is 835 g/mol. The van der Waals surface area contributed by atoms with Crippen LogP contribution in [-0.2, 0) is 14.3 Å². The molecule has 0 radical (unpaired) electrons. The molecule has 1 saturated heterocycles. The highest BCUT2D eigenvalue weighted by Gasteiger charge is 2.66. The molecule has 2 bridgehead atoms. The smallest absolute Gasteiger partial charge is 0.339 e. The number of hydrogen-bond donors (Lipinski definition) is 0. The molecule has 2 aliphatic carbocycles. The van der Waals surface area contributed by atoms with Crippen molar-refractivity contribution in [2.45, 2.75) is 35.5 Å². The fourth-order valence-corrected chi connectivity index (χ4v) is 10.1. The molecule has 246 valence electrons. The zero-order chi connectivity index (χ0) is 34.0. The molecule has 2 amide bonds. The van der Waals surface area contributed by atoms with E-state index in [1.165, 1.54) is 29.2 Å².